The summed E-state index contributed by atoms with van der Waals surface area (Å²) >= 11 is 0. The molecule has 0 aliphatic rings. The van der Waals surface area contributed by atoms with Crippen LogP contribution < -0.4 is 5.32 Å². The third-order valence-corrected chi connectivity index (χ3v) is 4.14. The van der Waals surface area contributed by atoms with Crippen LogP contribution in [0.4, 0.5) is 0 Å². The second-order valence-electron chi connectivity index (χ2n) is 5.10. The second kappa shape index (κ2) is 12.8. The molecule has 0 atom stereocenters. The molecule has 0 aliphatic heterocycles. The monoisotopic (exact) mass is 319 g/mol. The highest BCUT2D eigenvalue weighted by Gasteiger charge is 2.11. The standard InChI is InChI=1S/C15H29NO4S/c1-3-5-6-7-8-9-10-11-12-13-20-21(18,19)14-16-15(17)4-2/h4H,2-3,5-14H2,1H3,(H,16,17). The maximum atomic E-state index is 11.4. The van der Waals surface area contributed by atoms with E-state index in [4.69, 9.17) is 4.18 Å². The van der Waals surface area contributed by atoms with Gasteiger partial charge in [0.15, 0.2) is 0 Å². The van der Waals surface area contributed by atoms with E-state index in [1.807, 2.05) is 0 Å². The molecule has 1 N–H and O–H groups in total. The Morgan fingerprint density at radius 1 is 1.05 bits per heavy atom. The summed E-state index contributed by atoms with van der Waals surface area (Å²) < 4.78 is 27.6. The number of unbranched alkanes of at least 4 members (excludes halogenated alkanes) is 8. The molecule has 0 fully saturated rings. The zero-order chi connectivity index (χ0) is 16.0. The lowest BCUT2D eigenvalue weighted by Crippen LogP contribution is -2.29. The van der Waals surface area contributed by atoms with Gasteiger partial charge in [-0.2, -0.15) is 8.42 Å². The van der Waals surface area contributed by atoms with Gasteiger partial charge < -0.3 is 5.32 Å². The topological polar surface area (TPSA) is 72.5 Å². The van der Waals surface area contributed by atoms with Gasteiger partial charge in [-0.15, -0.1) is 0 Å². The van der Waals surface area contributed by atoms with Gasteiger partial charge in [-0.3, -0.25) is 8.98 Å². The molecule has 0 aromatic heterocycles. The number of nitrogens with one attached hydrogen (secondary N) is 1. The van der Waals surface area contributed by atoms with Crippen molar-refractivity contribution in [3.05, 3.63) is 12.7 Å². The Kier molecular flexibility index (Phi) is 12.3. The van der Waals surface area contributed by atoms with Crippen molar-refractivity contribution in [3.63, 3.8) is 0 Å². The fourth-order valence-corrected chi connectivity index (χ4v) is 2.65. The summed E-state index contributed by atoms with van der Waals surface area (Å²) in [6, 6.07) is 0. The predicted molar refractivity (Wildman–Crippen MR) is 85.3 cm³/mol. The molecule has 0 unspecified atom stereocenters. The van der Waals surface area contributed by atoms with Crippen LogP contribution in [-0.2, 0) is 19.1 Å². The van der Waals surface area contributed by atoms with E-state index in [9.17, 15) is 13.2 Å². The van der Waals surface area contributed by atoms with Crippen LogP contribution in [0.2, 0.25) is 0 Å². The summed E-state index contributed by atoms with van der Waals surface area (Å²) in [6.45, 7) is 5.63. The van der Waals surface area contributed by atoms with Gasteiger partial charge in [-0.05, 0) is 12.5 Å². The van der Waals surface area contributed by atoms with E-state index in [-0.39, 0.29) is 6.61 Å². The minimum atomic E-state index is -3.67. The van der Waals surface area contributed by atoms with Crippen molar-refractivity contribution in [2.75, 3.05) is 12.5 Å². The normalized spacial score (nSPS) is 11.3. The largest absolute Gasteiger partial charge is 0.336 e. The molecule has 21 heavy (non-hydrogen) atoms. The second-order valence-corrected chi connectivity index (χ2v) is 6.74. The van der Waals surface area contributed by atoms with Crippen molar-refractivity contribution in [2.24, 2.45) is 0 Å². The van der Waals surface area contributed by atoms with E-state index in [2.05, 4.69) is 18.8 Å². The molecule has 0 saturated heterocycles. The van der Waals surface area contributed by atoms with Crippen molar-refractivity contribution in [2.45, 2.75) is 64.7 Å². The molecule has 0 saturated carbocycles. The van der Waals surface area contributed by atoms with Gasteiger partial charge in [-0.25, -0.2) is 0 Å². The summed E-state index contributed by atoms with van der Waals surface area (Å²) in [4.78, 5) is 10.9. The Morgan fingerprint density at radius 2 is 1.57 bits per heavy atom. The Bertz CT molecular complexity index is 379. The van der Waals surface area contributed by atoms with Gasteiger partial charge in [0.1, 0.15) is 5.88 Å². The highest BCUT2D eigenvalue weighted by atomic mass is 32.2. The number of hydrogen-bond acceptors (Lipinski definition) is 4. The van der Waals surface area contributed by atoms with Crippen LogP contribution in [0.15, 0.2) is 12.7 Å². The van der Waals surface area contributed by atoms with Crippen LogP contribution in [0.1, 0.15) is 64.7 Å². The Hall–Kier alpha value is -0.880. The van der Waals surface area contributed by atoms with Crippen LogP contribution >= 0.6 is 0 Å². The average molecular weight is 319 g/mol. The van der Waals surface area contributed by atoms with Gasteiger partial charge in [-0.1, -0.05) is 64.9 Å². The van der Waals surface area contributed by atoms with E-state index in [0.29, 0.717) is 0 Å². The van der Waals surface area contributed by atoms with Crippen LogP contribution in [0.5, 0.6) is 0 Å². The van der Waals surface area contributed by atoms with Crippen molar-refractivity contribution in [3.8, 4) is 0 Å². The molecule has 124 valence electrons. The van der Waals surface area contributed by atoms with Crippen molar-refractivity contribution in [1.82, 2.24) is 5.32 Å². The zero-order valence-electron chi connectivity index (χ0n) is 13.1. The first-order valence-corrected chi connectivity index (χ1v) is 9.37. The first kappa shape index (κ1) is 20.1. The number of carbonyl (C=O) groups is 1. The smallest absolute Gasteiger partial charge is 0.285 e. The fourth-order valence-electron chi connectivity index (χ4n) is 1.87. The molecule has 0 aromatic rings. The SMILES string of the molecule is C=CC(=O)NCS(=O)(=O)OCCCCCCCCCCC. The molecule has 1 amide bonds. The molecule has 6 heteroatoms. The highest BCUT2D eigenvalue weighted by Crippen LogP contribution is 2.09. The van der Waals surface area contributed by atoms with E-state index < -0.39 is 21.9 Å². The minimum Gasteiger partial charge on any atom is -0.336 e. The Labute approximate surface area is 129 Å². The molecule has 5 nitrogen and oxygen atoms in total. The van der Waals surface area contributed by atoms with E-state index in [0.717, 1.165) is 25.3 Å². The van der Waals surface area contributed by atoms with Gasteiger partial charge in [0, 0.05) is 0 Å². The van der Waals surface area contributed by atoms with Crippen LogP contribution in [0, 0.1) is 0 Å². The van der Waals surface area contributed by atoms with Crippen LogP contribution in [-0.4, -0.2) is 26.8 Å². The minimum absolute atomic E-state index is 0.183. The molecule has 0 spiro atoms. The van der Waals surface area contributed by atoms with Gasteiger partial charge in [0.05, 0.1) is 6.61 Å². The summed E-state index contributed by atoms with van der Waals surface area (Å²) in [5, 5.41) is 2.19. The number of hydrogen-bond donors (Lipinski definition) is 1. The lowest BCUT2D eigenvalue weighted by molar-refractivity contribution is -0.116. The predicted octanol–water partition coefficient (Wildman–Crippen LogP) is 3.12. The van der Waals surface area contributed by atoms with E-state index in [1.54, 1.807) is 0 Å². The first-order valence-electron chi connectivity index (χ1n) is 7.79. The summed E-state index contributed by atoms with van der Waals surface area (Å²) in [7, 11) is -3.67. The van der Waals surface area contributed by atoms with Crippen molar-refractivity contribution < 1.29 is 17.4 Å². The van der Waals surface area contributed by atoms with Crippen LogP contribution in [0.25, 0.3) is 0 Å². The molecular formula is C15H29NO4S. The molecule has 0 bridgehead atoms. The molecular weight excluding hydrogens is 290 g/mol. The summed E-state index contributed by atoms with van der Waals surface area (Å²) in [5.74, 6) is -1.03. The van der Waals surface area contributed by atoms with Crippen LogP contribution in [0.3, 0.4) is 0 Å². The van der Waals surface area contributed by atoms with Gasteiger partial charge >= 0.3 is 0 Å². The summed E-state index contributed by atoms with van der Waals surface area (Å²) in [6.07, 6.45) is 11.5. The highest BCUT2D eigenvalue weighted by molar-refractivity contribution is 7.86. The van der Waals surface area contributed by atoms with E-state index >= 15 is 0 Å². The average Bonchev–Trinajstić information content (AvgIpc) is 2.46. The van der Waals surface area contributed by atoms with Crippen molar-refractivity contribution in [1.29, 1.82) is 0 Å². The number of rotatable bonds is 14. The van der Waals surface area contributed by atoms with Crippen molar-refractivity contribution >= 4 is 16.0 Å². The molecule has 0 aromatic carbocycles. The molecule has 0 aliphatic carbocycles. The maximum Gasteiger partial charge on any atom is 0.285 e. The Balaban J connectivity index is 3.45. The fraction of sp³-hybridized carbons (Fsp3) is 0.800. The quantitative estimate of drug-likeness (QED) is 0.303. The third-order valence-electron chi connectivity index (χ3n) is 3.12. The number of carbonyl (C=O) groups excluding carboxylic acids is 1. The third kappa shape index (κ3) is 13.8. The van der Waals surface area contributed by atoms with Gasteiger partial charge in [0.2, 0.25) is 5.91 Å². The first-order chi connectivity index (χ1) is 10.0. The number of amides is 1. The maximum absolute atomic E-state index is 11.4. The molecule has 0 radical (unpaired) electrons. The van der Waals surface area contributed by atoms with Gasteiger partial charge in [0.25, 0.3) is 10.1 Å². The lowest BCUT2D eigenvalue weighted by Gasteiger charge is -2.06. The van der Waals surface area contributed by atoms with E-state index in [1.165, 1.54) is 38.5 Å². The lowest BCUT2D eigenvalue weighted by atomic mass is 10.1. The summed E-state index contributed by atoms with van der Waals surface area (Å²) in [5.41, 5.74) is 0. The Morgan fingerprint density at radius 3 is 2.10 bits per heavy atom. The molecule has 0 rings (SSSR count). The zero-order valence-corrected chi connectivity index (χ0v) is 13.9. The molecule has 0 heterocycles.